The van der Waals surface area contributed by atoms with Gasteiger partial charge in [0.05, 0.1) is 11.1 Å². The normalized spacial score (nSPS) is 13.2. The maximum atomic E-state index is 12.1. The number of benzene rings is 2. The highest BCUT2D eigenvalue weighted by atomic mass is 79.9. The van der Waals surface area contributed by atoms with E-state index in [2.05, 4.69) is 33.1 Å². The van der Waals surface area contributed by atoms with Crippen molar-refractivity contribution in [2.45, 2.75) is 13.3 Å². The monoisotopic (exact) mass is 530 g/mol. The van der Waals surface area contributed by atoms with Crippen molar-refractivity contribution in [2.75, 3.05) is 19.8 Å². The first-order chi connectivity index (χ1) is 15.9. The molecule has 0 atom stereocenters. The summed E-state index contributed by atoms with van der Waals surface area (Å²) in [7, 11) is 0. The molecule has 2 aromatic rings. The summed E-state index contributed by atoms with van der Waals surface area (Å²) in [5.41, 5.74) is 1.58. The van der Waals surface area contributed by atoms with Crippen LogP contribution in [0.4, 0.5) is 0 Å². The van der Waals surface area contributed by atoms with Crippen LogP contribution in [0.2, 0.25) is 0 Å². The van der Waals surface area contributed by atoms with Gasteiger partial charge in [0.1, 0.15) is 24.5 Å². The van der Waals surface area contributed by atoms with Crippen molar-refractivity contribution in [1.82, 2.24) is 10.6 Å². The molecule has 0 aromatic heterocycles. The van der Waals surface area contributed by atoms with Crippen molar-refractivity contribution in [1.29, 1.82) is 0 Å². The average molecular weight is 531 g/mol. The average Bonchev–Trinajstić information content (AvgIpc) is 2.76. The molecule has 1 aliphatic heterocycles. The fourth-order valence-corrected chi connectivity index (χ4v) is 3.87. The van der Waals surface area contributed by atoms with Crippen LogP contribution in [0.25, 0.3) is 6.08 Å². The van der Waals surface area contributed by atoms with Gasteiger partial charge in [0.25, 0.3) is 11.8 Å². The number of thiocarbonyl (C=S) groups is 1. The smallest absolute Gasteiger partial charge is 0.263 e. The minimum atomic E-state index is -0.563. The second-order valence-electron chi connectivity index (χ2n) is 6.86. The van der Waals surface area contributed by atoms with Crippen LogP contribution in [0, 0.1) is 0 Å². The lowest BCUT2D eigenvalue weighted by Crippen LogP contribution is -2.51. The number of nitrogens with one attached hydrogen (secondary N) is 2. The molecule has 2 N–H and O–H groups in total. The molecule has 2 amide bonds. The van der Waals surface area contributed by atoms with Crippen LogP contribution in [0.15, 0.2) is 59.1 Å². The van der Waals surface area contributed by atoms with Crippen LogP contribution in [0.3, 0.4) is 0 Å². The Kier molecular flexibility index (Phi) is 8.62. The molecular formula is C24H23BrN2O5S. The van der Waals surface area contributed by atoms with Gasteiger partial charge in [0.2, 0.25) is 0 Å². The van der Waals surface area contributed by atoms with E-state index >= 15 is 0 Å². The molecule has 2 aromatic carbocycles. The number of hydrogen-bond donors (Lipinski definition) is 2. The summed E-state index contributed by atoms with van der Waals surface area (Å²) in [5, 5.41) is 4.80. The predicted octanol–water partition coefficient (Wildman–Crippen LogP) is 3.95. The van der Waals surface area contributed by atoms with Crippen molar-refractivity contribution in [2.24, 2.45) is 0 Å². The molecule has 0 saturated carbocycles. The fraction of sp³-hybridized carbons (Fsp3) is 0.208. The van der Waals surface area contributed by atoms with Gasteiger partial charge in [-0.2, -0.15) is 0 Å². The first-order valence-electron chi connectivity index (χ1n) is 10.2. The summed E-state index contributed by atoms with van der Waals surface area (Å²) in [4.78, 5) is 24.2. The molecule has 1 heterocycles. The maximum absolute atomic E-state index is 12.1. The maximum Gasteiger partial charge on any atom is 0.263 e. The van der Waals surface area contributed by atoms with E-state index in [4.69, 9.17) is 26.4 Å². The number of halogens is 1. The van der Waals surface area contributed by atoms with Crippen LogP contribution in [-0.2, 0) is 16.0 Å². The highest BCUT2D eigenvalue weighted by Gasteiger charge is 2.26. The second-order valence-corrected chi connectivity index (χ2v) is 8.12. The number of carbonyl (C=O) groups excluding carboxylic acids is 2. The number of para-hydroxylation sites is 1. The van der Waals surface area contributed by atoms with Gasteiger partial charge in [-0.3, -0.25) is 20.2 Å². The summed E-state index contributed by atoms with van der Waals surface area (Å²) in [5.74, 6) is 0.633. The summed E-state index contributed by atoms with van der Waals surface area (Å²) >= 11 is 8.32. The number of carbonyl (C=O) groups is 2. The Balaban J connectivity index is 1.73. The molecule has 1 saturated heterocycles. The van der Waals surface area contributed by atoms with Gasteiger partial charge in [-0.05, 0) is 76.9 Å². The van der Waals surface area contributed by atoms with Crippen molar-refractivity contribution in [3.63, 3.8) is 0 Å². The Morgan fingerprint density at radius 3 is 2.42 bits per heavy atom. The van der Waals surface area contributed by atoms with Crippen LogP contribution in [-0.4, -0.2) is 36.7 Å². The SMILES string of the molecule is C=CCc1ccccc1OCCOc1c(Br)cc(C=C2C(=O)NC(=S)NC2=O)cc1OCC. The van der Waals surface area contributed by atoms with E-state index in [0.29, 0.717) is 34.7 Å². The lowest BCUT2D eigenvalue weighted by molar-refractivity contribution is -0.123. The number of ether oxygens (including phenoxy) is 3. The van der Waals surface area contributed by atoms with Gasteiger partial charge < -0.3 is 14.2 Å². The van der Waals surface area contributed by atoms with Gasteiger partial charge in [-0.1, -0.05) is 24.3 Å². The molecule has 0 unspecified atom stereocenters. The largest absolute Gasteiger partial charge is 0.490 e. The highest BCUT2D eigenvalue weighted by molar-refractivity contribution is 9.10. The van der Waals surface area contributed by atoms with Crippen LogP contribution in [0.5, 0.6) is 17.2 Å². The summed E-state index contributed by atoms with van der Waals surface area (Å²) in [6.07, 6.45) is 4.01. The third-order valence-corrected chi connectivity index (χ3v) is 5.30. The Bertz CT molecular complexity index is 1090. The van der Waals surface area contributed by atoms with Gasteiger partial charge in [-0.15, -0.1) is 6.58 Å². The number of allylic oxidation sites excluding steroid dienone is 1. The van der Waals surface area contributed by atoms with Gasteiger partial charge in [-0.25, -0.2) is 0 Å². The van der Waals surface area contributed by atoms with Crippen LogP contribution >= 0.6 is 28.1 Å². The van der Waals surface area contributed by atoms with E-state index in [-0.39, 0.29) is 17.3 Å². The van der Waals surface area contributed by atoms with Crippen molar-refractivity contribution in [3.05, 3.63) is 70.2 Å². The summed E-state index contributed by atoms with van der Waals surface area (Å²) in [6.45, 7) is 6.64. The molecular weight excluding hydrogens is 508 g/mol. The van der Waals surface area contributed by atoms with Gasteiger partial charge in [0, 0.05) is 0 Å². The highest BCUT2D eigenvalue weighted by Crippen LogP contribution is 2.37. The Labute approximate surface area is 205 Å². The van der Waals surface area contributed by atoms with Crippen LogP contribution in [0.1, 0.15) is 18.1 Å². The Morgan fingerprint density at radius 1 is 1.03 bits per heavy atom. The summed E-state index contributed by atoms with van der Waals surface area (Å²) in [6, 6.07) is 11.2. The molecule has 33 heavy (non-hydrogen) atoms. The Hall–Kier alpha value is -3.17. The minimum absolute atomic E-state index is 0.0172. The van der Waals surface area contributed by atoms with E-state index in [1.165, 1.54) is 6.08 Å². The molecule has 1 aliphatic rings. The van der Waals surface area contributed by atoms with Crippen molar-refractivity contribution >= 4 is 51.2 Å². The summed E-state index contributed by atoms with van der Waals surface area (Å²) < 4.78 is 18.1. The third kappa shape index (κ3) is 6.43. The molecule has 9 heteroatoms. The van der Waals surface area contributed by atoms with Crippen molar-refractivity contribution in [3.8, 4) is 17.2 Å². The first-order valence-corrected chi connectivity index (χ1v) is 11.4. The van der Waals surface area contributed by atoms with E-state index in [0.717, 1.165) is 17.7 Å². The van der Waals surface area contributed by atoms with E-state index in [1.54, 1.807) is 12.1 Å². The zero-order chi connectivity index (χ0) is 23.8. The zero-order valence-electron chi connectivity index (χ0n) is 18.0. The van der Waals surface area contributed by atoms with Crippen LogP contribution < -0.4 is 24.8 Å². The minimum Gasteiger partial charge on any atom is -0.490 e. The Morgan fingerprint density at radius 2 is 1.73 bits per heavy atom. The zero-order valence-corrected chi connectivity index (χ0v) is 20.4. The quantitative estimate of drug-likeness (QED) is 0.159. The van der Waals surface area contributed by atoms with Crippen molar-refractivity contribution < 1.29 is 23.8 Å². The van der Waals surface area contributed by atoms with Gasteiger partial charge in [0.15, 0.2) is 16.6 Å². The van der Waals surface area contributed by atoms with E-state index in [1.807, 2.05) is 37.3 Å². The van der Waals surface area contributed by atoms with E-state index < -0.39 is 11.8 Å². The molecule has 0 aliphatic carbocycles. The molecule has 7 nitrogen and oxygen atoms in total. The topological polar surface area (TPSA) is 85.9 Å². The number of amides is 2. The number of rotatable bonds is 10. The second kappa shape index (κ2) is 11.6. The molecule has 172 valence electrons. The lowest BCUT2D eigenvalue weighted by atomic mass is 10.1. The third-order valence-electron chi connectivity index (χ3n) is 4.51. The molecule has 1 fully saturated rings. The standard InChI is InChI=1S/C24H23BrN2O5S/c1-3-7-16-8-5-6-9-19(16)31-10-11-32-21-18(25)13-15(14-20(21)30-4-2)12-17-22(28)26-24(33)27-23(17)29/h3,5-6,8-9,12-14H,1,4,7,10-11H2,2H3,(H2,26,27,28,29,33). The molecule has 0 spiro atoms. The molecule has 3 rings (SSSR count). The fourth-order valence-electron chi connectivity index (χ4n) is 3.11. The number of hydrogen-bond acceptors (Lipinski definition) is 6. The predicted molar refractivity (Wildman–Crippen MR) is 134 cm³/mol. The molecule has 0 bridgehead atoms. The lowest BCUT2D eigenvalue weighted by Gasteiger charge is -2.18. The molecule has 0 radical (unpaired) electrons. The first kappa shape index (κ1) is 24.5. The van der Waals surface area contributed by atoms with Gasteiger partial charge >= 0.3 is 0 Å². The van der Waals surface area contributed by atoms with E-state index in [9.17, 15) is 9.59 Å².